The molecule has 1 aliphatic rings. The molecule has 0 N–H and O–H groups in total. The molecule has 0 saturated heterocycles. The summed E-state index contributed by atoms with van der Waals surface area (Å²) in [6.45, 7) is 2.35. The van der Waals surface area contributed by atoms with Crippen molar-refractivity contribution in [3.8, 4) is 0 Å². The standard InChI is InChI=1S/C24H36N2/c1-3-7-13-23-15-11-20-26(21-23)18-10-6-2-4-8-14-24-16-12-19-25(22-24)17-9-5-1/h11-12,15-16,19-22H,1-10,13-14,17-18H2/q+2. The summed E-state index contributed by atoms with van der Waals surface area (Å²) < 4.78 is 4.80. The summed E-state index contributed by atoms with van der Waals surface area (Å²) in [5.74, 6) is 0. The second kappa shape index (κ2) is 11.1. The fraction of sp³-hybridized carbons (Fsp3) is 0.583. The van der Waals surface area contributed by atoms with Gasteiger partial charge in [-0.15, -0.1) is 0 Å². The Morgan fingerprint density at radius 2 is 0.923 bits per heavy atom. The maximum Gasteiger partial charge on any atom is 0.171 e. The van der Waals surface area contributed by atoms with Gasteiger partial charge >= 0.3 is 0 Å². The number of nitrogens with zero attached hydrogens (tertiary/aromatic N) is 2. The van der Waals surface area contributed by atoms with Crippen molar-refractivity contribution < 1.29 is 9.13 Å². The Bertz CT molecular complexity index is 546. The van der Waals surface area contributed by atoms with Crippen molar-refractivity contribution in [2.75, 3.05) is 0 Å². The maximum absolute atomic E-state index is 2.40. The monoisotopic (exact) mass is 352 g/mol. The van der Waals surface area contributed by atoms with Gasteiger partial charge < -0.3 is 0 Å². The predicted molar refractivity (Wildman–Crippen MR) is 107 cm³/mol. The number of pyridine rings is 2. The molecule has 4 bridgehead atoms. The molecule has 2 aromatic heterocycles. The van der Waals surface area contributed by atoms with Gasteiger partial charge in [-0.05, 0) is 50.7 Å². The van der Waals surface area contributed by atoms with Crippen LogP contribution in [-0.2, 0) is 25.9 Å². The Balaban J connectivity index is 1.53. The summed E-state index contributed by atoms with van der Waals surface area (Å²) in [5, 5.41) is 0. The highest BCUT2D eigenvalue weighted by Crippen LogP contribution is 2.10. The third-order valence-corrected chi connectivity index (χ3v) is 5.60. The van der Waals surface area contributed by atoms with E-state index in [1.165, 1.54) is 101 Å². The lowest BCUT2D eigenvalue weighted by atomic mass is 10.1. The van der Waals surface area contributed by atoms with E-state index in [9.17, 15) is 0 Å². The maximum atomic E-state index is 2.40. The van der Waals surface area contributed by atoms with Crippen LogP contribution in [0.1, 0.15) is 75.3 Å². The van der Waals surface area contributed by atoms with Crippen LogP contribution in [-0.4, -0.2) is 0 Å². The quantitative estimate of drug-likeness (QED) is 0.592. The number of hydrogen-bond acceptors (Lipinski definition) is 0. The molecule has 140 valence electrons. The zero-order chi connectivity index (χ0) is 17.9. The molecule has 0 aromatic carbocycles. The first-order chi connectivity index (χ1) is 12.9. The van der Waals surface area contributed by atoms with E-state index in [2.05, 4.69) is 58.2 Å². The number of aromatic nitrogens is 2. The fourth-order valence-corrected chi connectivity index (χ4v) is 4.03. The van der Waals surface area contributed by atoms with Gasteiger partial charge in [-0.25, -0.2) is 9.13 Å². The fourth-order valence-electron chi connectivity index (χ4n) is 4.03. The van der Waals surface area contributed by atoms with Gasteiger partial charge in [0.1, 0.15) is 13.1 Å². The Kier molecular flexibility index (Phi) is 8.15. The van der Waals surface area contributed by atoms with E-state index in [0.29, 0.717) is 0 Å². The highest BCUT2D eigenvalue weighted by atomic mass is 14.9. The molecule has 0 amide bonds. The van der Waals surface area contributed by atoms with Crippen LogP contribution in [0.4, 0.5) is 0 Å². The van der Waals surface area contributed by atoms with E-state index in [1.54, 1.807) is 0 Å². The number of fused-ring (bicyclic) bond motifs is 4. The molecule has 0 aliphatic carbocycles. The summed E-state index contributed by atoms with van der Waals surface area (Å²) in [6.07, 6.45) is 25.1. The van der Waals surface area contributed by atoms with Crippen LogP contribution in [0.15, 0.2) is 49.1 Å². The molecule has 2 aromatic rings. The zero-order valence-electron chi connectivity index (χ0n) is 16.4. The van der Waals surface area contributed by atoms with Gasteiger partial charge in [-0.3, -0.25) is 0 Å². The minimum atomic E-state index is 1.17. The molecular formula is C24H36N2+2. The smallest absolute Gasteiger partial charge is 0.171 e. The van der Waals surface area contributed by atoms with Gasteiger partial charge in [0.15, 0.2) is 24.8 Å². The lowest BCUT2D eigenvalue weighted by Gasteiger charge is -2.05. The largest absolute Gasteiger partial charge is 0.205 e. The summed E-state index contributed by atoms with van der Waals surface area (Å²) in [7, 11) is 0. The highest BCUT2D eigenvalue weighted by Gasteiger charge is 2.06. The highest BCUT2D eigenvalue weighted by molar-refractivity contribution is 5.05. The van der Waals surface area contributed by atoms with Gasteiger partial charge in [0, 0.05) is 36.1 Å². The summed E-state index contributed by atoms with van der Waals surface area (Å²) in [5.41, 5.74) is 3.02. The molecule has 26 heavy (non-hydrogen) atoms. The number of rotatable bonds is 0. The lowest BCUT2D eigenvalue weighted by molar-refractivity contribution is -0.697. The molecule has 0 atom stereocenters. The molecule has 3 heterocycles. The average Bonchev–Trinajstić information content (AvgIpc) is 2.66. The van der Waals surface area contributed by atoms with Crippen LogP contribution in [0.2, 0.25) is 0 Å². The third kappa shape index (κ3) is 6.90. The molecule has 1 aliphatic heterocycles. The summed E-state index contributed by atoms with van der Waals surface area (Å²) in [6, 6.07) is 9.05. The van der Waals surface area contributed by atoms with Crippen molar-refractivity contribution in [2.45, 2.75) is 90.1 Å². The first-order valence-electron chi connectivity index (χ1n) is 10.9. The SMILES string of the molecule is c1cc2c[n+](c1)CCCCCCCc1ccc[n+](c1)CCCCCCC2. The normalized spacial score (nSPS) is 18.2. The van der Waals surface area contributed by atoms with Crippen molar-refractivity contribution in [2.24, 2.45) is 0 Å². The first kappa shape index (κ1) is 19.1. The van der Waals surface area contributed by atoms with Gasteiger partial charge in [0.05, 0.1) is 0 Å². The molecule has 0 unspecified atom stereocenters. The molecule has 2 nitrogen and oxygen atoms in total. The Hall–Kier alpha value is -1.70. The van der Waals surface area contributed by atoms with E-state index in [-0.39, 0.29) is 0 Å². The molecule has 0 fully saturated rings. The number of hydrogen-bond donors (Lipinski definition) is 0. The van der Waals surface area contributed by atoms with Crippen molar-refractivity contribution in [1.29, 1.82) is 0 Å². The lowest BCUT2D eigenvalue weighted by Crippen LogP contribution is -2.33. The van der Waals surface area contributed by atoms with Crippen LogP contribution in [0.25, 0.3) is 0 Å². The van der Waals surface area contributed by atoms with E-state index >= 15 is 0 Å². The van der Waals surface area contributed by atoms with Gasteiger partial charge in [0.25, 0.3) is 0 Å². The minimum Gasteiger partial charge on any atom is -0.205 e. The Morgan fingerprint density at radius 1 is 0.500 bits per heavy atom. The van der Waals surface area contributed by atoms with Gasteiger partial charge in [-0.1, -0.05) is 25.7 Å². The van der Waals surface area contributed by atoms with Crippen LogP contribution in [0, 0.1) is 0 Å². The third-order valence-electron chi connectivity index (χ3n) is 5.60. The van der Waals surface area contributed by atoms with Gasteiger partial charge in [-0.2, -0.15) is 0 Å². The summed E-state index contributed by atoms with van der Waals surface area (Å²) >= 11 is 0. The zero-order valence-corrected chi connectivity index (χ0v) is 16.4. The average molecular weight is 353 g/mol. The number of aryl methyl sites for hydroxylation is 4. The Morgan fingerprint density at radius 3 is 1.42 bits per heavy atom. The van der Waals surface area contributed by atoms with E-state index in [1.807, 2.05) is 0 Å². The topological polar surface area (TPSA) is 7.76 Å². The molecule has 0 saturated carbocycles. The summed E-state index contributed by atoms with van der Waals surface area (Å²) in [4.78, 5) is 0. The minimum absolute atomic E-state index is 1.17. The van der Waals surface area contributed by atoms with Crippen molar-refractivity contribution in [3.05, 3.63) is 60.2 Å². The predicted octanol–water partition coefficient (Wildman–Crippen LogP) is 4.96. The molecule has 0 spiro atoms. The van der Waals surface area contributed by atoms with Crippen molar-refractivity contribution in [3.63, 3.8) is 0 Å². The van der Waals surface area contributed by atoms with Crippen LogP contribution >= 0.6 is 0 Å². The molecule has 0 radical (unpaired) electrons. The van der Waals surface area contributed by atoms with E-state index in [4.69, 9.17) is 0 Å². The Labute approximate surface area is 159 Å². The molecular weight excluding hydrogens is 316 g/mol. The van der Waals surface area contributed by atoms with E-state index in [0.717, 1.165) is 0 Å². The van der Waals surface area contributed by atoms with Crippen molar-refractivity contribution >= 4 is 0 Å². The molecule has 2 heteroatoms. The second-order valence-corrected chi connectivity index (χ2v) is 7.94. The van der Waals surface area contributed by atoms with Gasteiger partial charge in [0.2, 0.25) is 0 Å². The van der Waals surface area contributed by atoms with E-state index < -0.39 is 0 Å². The van der Waals surface area contributed by atoms with Crippen LogP contribution in [0.5, 0.6) is 0 Å². The van der Waals surface area contributed by atoms with Crippen LogP contribution < -0.4 is 9.13 Å². The first-order valence-corrected chi connectivity index (χ1v) is 10.9. The molecule has 3 rings (SSSR count). The van der Waals surface area contributed by atoms with Crippen LogP contribution in [0.3, 0.4) is 0 Å². The second-order valence-electron chi connectivity index (χ2n) is 7.94. The van der Waals surface area contributed by atoms with Crippen molar-refractivity contribution in [1.82, 2.24) is 0 Å².